The number of hydrogen-bond acceptors (Lipinski definition) is 3. The molecule has 0 bridgehead atoms. The Morgan fingerprint density at radius 2 is 0.283 bits per heavy atom. The van der Waals surface area contributed by atoms with Crippen LogP contribution in [0, 0.1) is 0 Å². The Kier molecular flexibility index (Phi) is 22.9. The van der Waals surface area contributed by atoms with Crippen molar-refractivity contribution >= 4 is 94.3 Å². The van der Waals surface area contributed by atoms with Crippen molar-refractivity contribution in [2.45, 2.75) is 0 Å². The molecule has 0 fully saturated rings. The molecule has 0 saturated carbocycles. The van der Waals surface area contributed by atoms with Gasteiger partial charge >= 0.3 is 0 Å². The molecule has 22 rings (SSSR count). The molecule has 0 heterocycles. The van der Waals surface area contributed by atoms with E-state index in [1.807, 2.05) is 0 Å². The van der Waals surface area contributed by atoms with Gasteiger partial charge in [-0.15, -0.1) is 0 Å². The second kappa shape index (κ2) is 36.9. The first-order valence-corrected chi connectivity index (χ1v) is 43.5. The van der Waals surface area contributed by atoms with Crippen LogP contribution < -0.4 is 14.7 Å². The van der Waals surface area contributed by atoms with Gasteiger partial charge in [0.2, 0.25) is 0 Å². The summed E-state index contributed by atoms with van der Waals surface area (Å²) >= 11 is 0. The van der Waals surface area contributed by atoms with Gasteiger partial charge in [-0.25, -0.2) is 0 Å². The first kappa shape index (κ1) is 78.8. The molecule has 0 aliphatic carbocycles. The second-order valence-corrected chi connectivity index (χ2v) is 31.9. The van der Waals surface area contributed by atoms with Crippen LogP contribution in [-0.4, -0.2) is 0 Å². The van der Waals surface area contributed by atoms with Crippen LogP contribution in [0.25, 0.3) is 143 Å². The lowest BCUT2D eigenvalue weighted by atomic mass is 9.97. The van der Waals surface area contributed by atoms with Crippen molar-refractivity contribution in [2.75, 3.05) is 14.7 Å². The van der Waals surface area contributed by atoms with Crippen molar-refractivity contribution in [3.05, 3.63) is 540 Å². The monoisotopic (exact) mass is 1620 g/mol. The molecule has 3 nitrogen and oxygen atoms in total. The fourth-order valence-electron chi connectivity index (χ4n) is 17.4. The van der Waals surface area contributed by atoms with Crippen LogP contribution in [0.5, 0.6) is 0 Å². The van der Waals surface area contributed by atoms with Crippen LogP contribution >= 0.6 is 0 Å². The summed E-state index contributed by atoms with van der Waals surface area (Å²) in [7, 11) is 0. The standard InChI is InChI=1S/C44H31N.2C40H29N/c1-2-10-32(11-3-1)33-20-26-38(27-21-33)45(39-28-22-36(23-29-39)43-18-8-14-34-12-4-6-16-41(34)43)40-30-24-37(25-31-40)44-19-9-15-35-13-5-7-17-42(35)44;1-4-10-30(11-5-1)33-18-23-38(24-19-33)41(39-25-20-34(21-26-39)31-12-6-2-7-13-31)40-27-22-36-28-35(16-17-37(36)29-40)32-14-8-3-9-15-32;1-4-10-30(11-5-1)33-18-23-38(24-19-33)41(39-25-20-34(21-26-39)31-12-6-2-7-13-31)40-27-22-35-16-17-36(28-37(35)29-40)32-14-8-3-9-15-32/h1-31H;2*1-29H. The molecule has 0 aliphatic rings. The molecule has 22 aromatic carbocycles. The molecule has 0 unspecified atom stereocenters. The normalized spacial score (nSPS) is 11.0. The van der Waals surface area contributed by atoms with Crippen LogP contribution in [0.2, 0.25) is 0 Å². The molecule has 0 spiro atoms. The molecule has 0 aliphatic heterocycles. The Bertz CT molecular complexity index is 7150. The predicted octanol–water partition coefficient (Wildman–Crippen LogP) is 35.1. The molecule has 0 amide bonds. The average Bonchev–Trinajstić information content (AvgIpc) is 0.789. The molecule has 22 aromatic rings. The summed E-state index contributed by atoms with van der Waals surface area (Å²) in [5.74, 6) is 0. The van der Waals surface area contributed by atoms with E-state index in [-0.39, 0.29) is 0 Å². The van der Waals surface area contributed by atoms with E-state index in [2.05, 4.69) is 555 Å². The number of hydrogen-bond donors (Lipinski definition) is 0. The molecule has 600 valence electrons. The van der Waals surface area contributed by atoms with Crippen LogP contribution in [0.15, 0.2) is 540 Å². The Balaban J connectivity index is 0.000000120. The summed E-state index contributed by atoms with van der Waals surface area (Å²) in [5.41, 5.74) is 32.1. The highest BCUT2D eigenvalue weighted by Gasteiger charge is 2.20. The van der Waals surface area contributed by atoms with E-state index in [0.717, 1.165) is 51.2 Å². The summed E-state index contributed by atoms with van der Waals surface area (Å²) in [6.07, 6.45) is 0. The van der Waals surface area contributed by atoms with Gasteiger partial charge in [0, 0.05) is 51.2 Å². The largest absolute Gasteiger partial charge is 0.311 e. The third kappa shape index (κ3) is 17.6. The van der Waals surface area contributed by atoms with Gasteiger partial charge in [0.25, 0.3) is 0 Å². The minimum Gasteiger partial charge on any atom is -0.311 e. The number of rotatable bonds is 18. The van der Waals surface area contributed by atoms with Gasteiger partial charge < -0.3 is 14.7 Å². The Hall–Kier alpha value is -16.7. The van der Waals surface area contributed by atoms with E-state index in [0.29, 0.717) is 0 Å². The number of fused-ring (bicyclic) bond motifs is 4. The first-order valence-electron chi connectivity index (χ1n) is 43.5. The van der Waals surface area contributed by atoms with E-state index >= 15 is 0 Å². The molecular weight excluding hydrogens is 1530 g/mol. The molecular formula is C124H89N3. The van der Waals surface area contributed by atoms with Gasteiger partial charge in [0.05, 0.1) is 0 Å². The lowest BCUT2D eigenvalue weighted by Crippen LogP contribution is -2.09. The second-order valence-electron chi connectivity index (χ2n) is 31.9. The Labute approximate surface area is 743 Å². The van der Waals surface area contributed by atoms with E-state index in [9.17, 15) is 0 Å². The first-order chi connectivity index (χ1) is 62.9. The van der Waals surface area contributed by atoms with Gasteiger partial charge in [-0.2, -0.15) is 0 Å². The molecule has 0 atom stereocenters. The molecule has 0 saturated heterocycles. The zero-order valence-electron chi connectivity index (χ0n) is 70.2. The molecule has 0 radical (unpaired) electrons. The van der Waals surface area contributed by atoms with Crippen molar-refractivity contribution in [2.24, 2.45) is 0 Å². The third-order valence-electron chi connectivity index (χ3n) is 24.0. The van der Waals surface area contributed by atoms with Gasteiger partial charge in [0.1, 0.15) is 0 Å². The SMILES string of the molecule is c1ccc(-c2ccc(N(c3ccc(-c4cccc5ccccc45)cc3)c3ccc(-c4cccc5ccccc45)cc3)cc2)cc1.c1ccc(-c2ccc(N(c3ccc(-c4ccccc4)cc3)c3ccc4cc(-c5ccccc5)ccc4c3)cc2)cc1.c1ccc(-c2ccc(N(c3ccc(-c4ccccc4)cc3)c3ccc4ccc(-c5ccccc5)cc4c3)cc2)cc1. The van der Waals surface area contributed by atoms with Crippen molar-refractivity contribution in [3.8, 4) is 100 Å². The van der Waals surface area contributed by atoms with Crippen LogP contribution in [0.4, 0.5) is 51.2 Å². The van der Waals surface area contributed by atoms with Crippen LogP contribution in [0.1, 0.15) is 0 Å². The summed E-state index contributed by atoms with van der Waals surface area (Å²) < 4.78 is 0. The number of nitrogens with zero attached hydrogens (tertiary/aromatic N) is 3. The fourth-order valence-corrected chi connectivity index (χ4v) is 17.4. The van der Waals surface area contributed by atoms with Crippen LogP contribution in [-0.2, 0) is 0 Å². The van der Waals surface area contributed by atoms with Crippen molar-refractivity contribution in [3.63, 3.8) is 0 Å². The molecule has 127 heavy (non-hydrogen) atoms. The van der Waals surface area contributed by atoms with Crippen molar-refractivity contribution < 1.29 is 0 Å². The summed E-state index contributed by atoms with van der Waals surface area (Å²) in [6.45, 7) is 0. The Morgan fingerprint density at radius 3 is 0.591 bits per heavy atom. The summed E-state index contributed by atoms with van der Waals surface area (Å²) in [5, 5.41) is 9.94. The third-order valence-corrected chi connectivity index (χ3v) is 24.0. The average molecular weight is 1620 g/mol. The minimum atomic E-state index is 1.12. The van der Waals surface area contributed by atoms with E-state index in [1.54, 1.807) is 0 Å². The smallest absolute Gasteiger partial charge is 0.0468 e. The molecule has 0 aromatic heterocycles. The predicted molar refractivity (Wildman–Crippen MR) is 542 cm³/mol. The fraction of sp³-hybridized carbons (Fsp3) is 0. The van der Waals surface area contributed by atoms with Gasteiger partial charge in [-0.05, 0) is 265 Å². The van der Waals surface area contributed by atoms with Crippen LogP contribution in [0.3, 0.4) is 0 Å². The maximum atomic E-state index is 2.35. The Morgan fingerprint density at radius 1 is 0.0945 bits per heavy atom. The highest BCUT2D eigenvalue weighted by Crippen LogP contribution is 2.44. The topological polar surface area (TPSA) is 9.72 Å². The number of anilines is 9. The van der Waals surface area contributed by atoms with E-state index < -0.39 is 0 Å². The number of benzene rings is 22. The van der Waals surface area contributed by atoms with Gasteiger partial charge in [0.15, 0.2) is 0 Å². The summed E-state index contributed by atoms with van der Waals surface area (Å²) in [4.78, 5) is 7.03. The quantitative estimate of drug-likeness (QED) is 0.0848. The highest BCUT2D eigenvalue weighted by atomic mass is 15.2. The van der Waals surface area contributed by atoms with Gasteiger partial charge in [-0.3, -0.25) is 0 Å². The lowest BCUT2D eigenvalue weighted by molar-refractivity contribution is 1.28. The zero-order valence-corrected chi connectivity index (χ0v) is 70.2. The highest BCUT2D eigenvalue weighted by molar-refractivity contribution is 6.00. The maximum Gasteiger partial charge on any atom is 0.0468 e. The molecule has 3 heteroatoms. The van der Waals surface area contributed by atoms with E-state index in [1.165, 1.54) is 143 Å². The lowest BCUT2D eigenvalue weighted by Gasteiger charge is -2.26. The summed E-state index contributed by atoms with van der Waals surface area (Å²) in [6, 6.07) is 193. The van der Waals surface area contributed by atoms with Crippen molar-refractivity contribution in [1.29, 1.82) is 0 Å². The van der Waals surface area contributed by atoms with Crippen molar-refractivity contribution in [1.82, 2.24) is 0 Å². The van der Waals surface area contributed by atoms with Gasteiger partial charge in [-0.1, -0.05) is 419 Å². The molecule has 0 N–H and O–H groups in total. The van der Waals surface area contributed by atoms with E-state index in [4.69, 9.17) is 0 Å². The zero-order chi connectivity index (χ0) is 84.9. The maximum absolute atomic E-state index is 2.35. The minimum absolute atomic E-state index is 1.12.